The first kappa shape index (κ1) is 25.6. The largest absolute Gasteiger partial charge is 0.308 e. The van der Waals surface area contributed by atoms with Gasteiger partial charge in [-0.1, -0.05) is 29.0 Å². The Balaban J connectivity index is 0.00000341. The van der Waals surface area contributed by atoms with Gasteiger partial charge in [-0.05, 0) is 51.4 Å². The summed E-state index contributed by atoms with van der Waals surface area (Å²) in [4.78, 5) is 22.7. The lowest BCUT2D eigenvalue weighted by molar-refractivity contribution is -0.116. The number of anilines is 1. The van der Waals surface area contributed by atoms with Gasteiger partial charge in [-0.25, -0.2) is 13.4 Å². The van der Waals surface area contributed by atoms with Crippen molar-refractivity contribution < 1.29 is 13.2 Å². The van der Waals surface area contributed by atoms with Crippen LogP contribution in [0.3, 0.4) is 0 Å². The number of aryl methyl sites for hydroxylation is 1. The van der Waals surface area contributed by atoms with Crippen molar-refractivity contribution in [2.75, 3.05) is 44.1 Å². The highest BCUT2D eigenvalue weighted by Crippen LogP contribution is 2.31. The summed E-state index contributed by atoms with van der Waals surface area (Å²) in [7, 11) is 0.620. The molecular formula is C21H26ClN3O3S3. The van der Waals surface area contributed by atoms with Gasteiger partial charge in [0.05, 0.1) is 20.9 Å². The van der Waals surface area contributed by atoms with Gasteiger partial charge in [0.15, 0.2) is 15.0 Å². The lowest BCUT2D eigenvalue weighted by Crippen LogP contribution is -2.37. The number of benzene rings is 2. The van der Waals surface area contributed by atoms with Gasteiger partial charge in [0.25, 0.3) is 0 Å². The minimum absolute atomic E-state index is 0. The molecule has 0 atom stereocenters. The first-order valence-electron chi connectivity index (χ1n) is 9.39. The van der Waals surface area contributed by atoms with Crippen LogP contribution in [0.1, 0.15) is 5.56 Å². The third-order valence-corrected chi connectivity index (χ3v) is 7.61. The maximum Gasteiger partial charge on any atom is 0.239 e. The average Bonchev–Trinajstić information content (AvgIpc) is 3.09. The highest BCUT2D eigenvalue weighted by atomic mass is 35.5. The molecule has 31 heavy (non-hydrogen) atoms. The summed E-state index contributed by atoms with van der Waals surface area (Å²) in [5.74, 6) is 0.283. The lowest BCUT2D eigenvalue weighted by atomic mass is 10.2. The molecule has 0 saturated heterocycles. The standard InChI is InChI=1S/C21H25N3O3S3.ClH/c1-15-5-7-16(8-6-15)28-14-20(25)24(12-11-23(2)3)21-22-18-10-9-17(30(4,26)27)13-19(18)29-21;/h5-10,13H,11-12,14H2,1-4H3;1H. The van der Waals surface area contributed by atoms with E-state index in [1.54, 1.807) is 23.1 Å². The first-order valence-corrected chi connectivity index (χ1v) is 13.1. The predicted octanol–water partition coefficient (Wildman–Crippen LogP) is 4.12. The van der Waals surface area contributed by atoms with Crippen molar-refractivity contribution in [2.45, 2.75) is 16.7 Å². The van der Waals surface area contributed by atoms with Gasteiger partial charge in [-0.15, -0.1) is 24.2 Å². The van der Waals surface area contributed by atoms with Crippen molar-refractivity contribution in [3.8, 4) is 0 Å². The van der Waals surface area contributed by atoms with Crippen molar-refractivity contribution in [1.82, 2.24) is 9.88 Å². The molecule has 168 valence electrons. The molecule has 1 aromatic heterocycles. The van der Waals surface area contributed by atoms with Crippen LogP contribution in [0.5, 0.6) is 0 Å². The number of rotatable bonds is 8. The molecule has 0 fully saturated rings. The van der Waals surface area contributed by atoms with Gasteiger partial charge in [0.2, 0.25) is 5.91 Å². The smallest absolute Gasteiger partial charge is 0.239 e. The molecule has 3 aromatic rings. The van der Waals surface area contributed by atoms with Crippen molar-refractivity contribution >= 4 is 66.6 Å². The second kappa shape index (κ2) is 10.8. The molecule has 3 rings (SSSR count). The topological polar surface area (TPSA) is 70.6 Å². The van der Waals surface area contributed by atoms with Gasteiger partial charge in [-0.2, -0.15) is 0 Å². The molecule has 0 aliphatic rings. The number of halogens is 1. The molecular weight excluding hydrogens is 474 g/mol. The van der Waals surface area contributed by atoms with Crippen LogP contribution in [-0.2, 0) is 14.6 Å². The summed E-state index contributed by atoms with van der Waals surface area (Å²) in [6, 6.07) is 13.0. The van der Waals surface area contributed by atoms with E-state index in [-0.39, 0.29) is 23.2 Å². The normalized spacial score (nSPS) is 11.5. The van der Waals surface area contributed by atoms with Gasteiger partial charge in [-0.3, -0.25) is 9.69 Å². The molecule has 6 nitrogen and oxygen atoms in total. The van der Waals surface area contributed by atoms with Crippen molar-refractivity contribution in [3.05, 3.63) is 48.0 Å². The summed E-state index contributed by atoms with van der Waals surface area (Å²) >= 11 is 2.84. The highest BCUT2D eigenvalue weighted by molar-refractivity contribution is 8.00. The number of aromatic nitrogens is 1. The summed E-state index contributed by atoms with van der Waals surface area (Å²) in [6.45, 7) is 3.25. The Morgan fingerprint density at radius 1 is 1.10 bits per heavy atom. The van der Waals surface area contributed by atoms with Crippen molar-refractivity contribution in [1.29, 1.82) is 0 Å². The Hall–Kier alpha value is -1.65. The number of fused-ring (bicyclic) bond motifs is 1. The Morgan fingerprint density at radius 2 is 1.77 bits per heavy atom. The number of carbonyl (C=O) groups excluding carboxylic acids is 1. The average molecular weight is 500 g/mol. The molecule has 0 unspecified atom stereocenters. The van der Waals surface area contributed by atoms with Crippen LogP contribution in [-0.4, -0.2) is 63.4 Å². The number of nitrogens with zero attached hydrogens (tertiary/aromatic N) is 3. The molecule has 0 bridgehead atoms. The second-order valence-corrected chi connectivity index (χ2v) is 11.4. The Labute approximate surface area is 198 Å². The van der Waals surface area contributed by atoms with Crippen LogP contribution in [0.2, 0.25) is 0 Å². The molecule has 0 spiro atoms. The van der Waals surface area contributed by atoms with E-state index >= 15 is 0 Å². The van der Waals surface area contributed by atoms with E-state index in [4.69, 9.17) is 0 Å². The second-order valence-electron chi connectivity index (χ2n) is 7.35. The van der Waals surface area contributed by atoms with Crippen LogP contribution in [0.4, 0.5) is 5.13 Å². The van der Waals surface area contributed by atoms with Crippen LogP contribution < -0.4 is 4.90 Å². The quantitative estimate of drug-likeness (QED) is 0.434. The van der Waals surface area contributed by atoms with Gasteiger partial charge in [0.1, 0.15) is 0 Å². The molecule has 1 heterocycles. The number of carbonyl (C=O) groups is 1. The summed E-state index contributed by atoms with van der Waals surface area (Å²) < 4.78 is 24.5. The van der Waals surface area contributed by atoms with E-state index in [0.717, 1.165) is 9.60 Å². The minimum Gasteiger partial charge on any atom is -0.308 e. The monoisotopic (exact) mass is 499 g/mol. The fourth-order valence-corrected chi connectivity index (χ4v) is 5.27. The SMILES string of the molecule is Cc1ccc(SCC(=O)N(CCN(C)C)c2nc3ccc(S(C)(=O)=O)cc3s2)cc1.Cl. The van der Waals surface area contributed by atoms with Gasteiger partial charge >= 0.3 is 0 Å². The molecule has 0 radical (unpaired) electrons. The number of thioether (sulfide) groups is 1. The number of hydrogen-bond donors (Lipinski definition) is 0. The number of thiazole rings is 1. The number of amides is 1. The molecule has 0 saturated carbocycles. The van der Waals surface area contributed by atoms with E-state index < -0.39 is 9.84 Å². The zero-order valence-electron chi connectivity index (χ0n) is 17.9. The third-order valence-electron chi connectivity index (χ3n) is 4.46. The summed E-state index contributed by atoms with van der Waals surface area (Å²) in [5.41, 5.74) is 1.87. The van der Waals surface area contributed by atoms with Crippen LogP contribution in [0.25, 0.3) is 10.2 Å². The number of likely N-dealkylation sites (N-methyl/N-ethyl adjacent to an activating group) is 1. The van der Waals surface area contributed by atoms with Gasteiger partial charge < -0.3 is 4.90 Å². The number of sulfone groups is 1. The fraction of sp³-hybridized carbons (Fsp3) is 0.333. The third kappa shape index (κ3) is 6.92. The van der Waals surface area contributed by atoms with Gasteiger partial charge in [0, 0.05) is 24.2 Å². The maximum atomic E-state index is 13.1. The molecule has 1 amide bonds. The zero-order chi connectivity index (χ0) is 21.9. The fourth-order valence-electron chi connectivity index (χ4n) is 2.72. The Kier molecular flexibility index (Phi) is 8.91. The van der Waals surface area contributed by atoms with Crippen molar-refractivity contribution in [3.63, 3.8) is 0 Å². The van der Waals surface area contributed by atoms with E-state index in [1.807, 2.05) is 50.2 Å². The molecule has 10 heteroatoms. The van der Waals surface area contributed by atoms with E-state index in [9.17, 15) is 13.2 Å². The Morgan fingerprint density at radius 3 is 2.39 bits per heavy atom. The van der Waals surface area contributed by atoms with E-state index in [1.165, 1.54) is 34.9 Å². The molecule has 0 aliphatic carbocycles. The van der Waals surface area contributed by atoms with Crippen LogP contribution >= 0.6 is 35.5 Å². The zero-order valence-corrected chi connectivity index (χ0v) is 21.1. The molecule has 2 aromatic carbocycles. The Bertz CT molecular complexity index is 1150. The molecule has 0 N–H and O–H groups in total. The minimum atomic E-state index is -3.30. The predicted molar refractivity (Wildman–Crippen MR) is 133 cm³/mol. The number of hydrogen-bond acceptors (Lipinski definition) is 7. The van der Waals surface area contributed by atoms with E-state index in [2.05, 4.69) is 4.98 Å². The maximum absolute atomic E-state index is 13.1. The lowest BCUT2D eigenvalue weighted by Gasteiger charge is -2.21. The van der Waals surface area contributed by atoms with E-state index in [0.29, 0.717) is 29.5 Å². The summed E-state index contributed by atoms with van der Waals surface area (Å²) in [5, 5.41) is 0.590. The first-order chi connectivity index (χ1) is 14.1. The van der Waals surface area contributed by atoms with Crippen LogP contribution in [0.15, 0.2) is 52.3 Å². The highest BCUT2D eigenvalue weighted by Gasteiger charge is 2.21. The molecule has 0 aliphatic heterocycles. The van der Waals surface area contributed by atoms with Crippen molar-refractivity contribution in [2.24, 2.45) is 0 Å². The van der Waals surface area contributed by atoms with Crippen LogP contribution in [0, 0.1) is 6.92 Å². The summed E-state index contributed by atoms with van der Waals surface area (Å²) in [6.07, 6.45) is 1.19.